The van der Waals surface area contributed by atoms with Crippen LogP contribution in [-0.2, 0) is 17.6 Å². The maximum atomic E-state index is 12.2. The van der Waals surface area contributed by atoms with Crippen LogP contribution in [0.2, 0.25) is 0 Å². The number of ether oxygens (including phenoxy) is 1. The fourth-order valence-corrected chi connectivity index (χ4v) is 5.47. The number of aryl methyl sites for hydroxylation is 1. The highest BCUT2D eigenvalue weighted by Gasteiger charge is 2.28. The third kappa shape index (κ3) is 2.75. The van der Waals surface area contributed by atoms with Gasteiger partial charge in [0.2, 0.25) is 0 Å². The molecule has 2 aromatic heterocycles. The highest BCUT2D eigenvalue weighted by atomic mass is 32.1. The van der Waals surface area contributed by atoms with Crippen LogP contribution in [0.5, 0.6) is 0 Å². The first-order chi connectivity index (χ1) is 12.8. The van der Waals surface area contributed by atoms with Gasteiger partial charge in [-0.2, -0.15) is 0 Å². The van der Waals surface area contributed by atoms with E-state index in [9.17, 15) is 4.79 Å². The highest BCUT2D eigenvalue weighted by Crippen LogP contribution is 2.37. The van der Waals surface area contributed by atoms with Crippen molar-refractivity contribution in [3.8, 4) is 0 Å². The Bertz CT molecular complexity index is 958. The third-order valence-electron chi connectivity index (χ3n) is 5.54. The molecule has 1 fully saturated rings. The Kier molecular flexibility index (Phi) is 4.06. The van der Waals surface area contributed by atoms with Gasteiger partial charge in [-0.3, -0.25) is 4.79 Å². The van der Waals surface area contributed by atoms with Gasteiger partial charge in [-0.15, -0.1) is 11.3 Å². The number of H-pyrrole nitrogens is 1. The van der Waals surface area contributed by atoms with E-state index in [4.69, 9.17) is 4.74 Å². The highest BCUT2D eigenvalue weighted by molar-refractivity contribution is 7.18. The molecule has 3 aromatic rings. The molecule has 0 unspecified atom stereocenters. The van der Waals surface area contributed by atoms with E-state index in [1.807, 2.05) is 0 Å². The molecule has 1 aliphatic heterocycles. The summed E-state index contributed by atoms with van der Waals surface area (Å²) in [6.07, 6.45) is 5.80. The second kappa shape index (κ2) is 6.56. The van der Waals surface area contributed by atoms with Gasteiger partial charge in [0.1, 0.15) is 0 Å². The first-order valence-electron chi connectivity index (χ1n) is 9.35. The standard InChI is InChI=1S/C21H22N2O2S/c24-19-7-3-4-14-11-20(26-21(14)19)23-8-9-25-13-16(23)10-15-12-22-18-6-2-1-5-17(15)18/h1-2,5-6,11-12,16,22H,3-4,7-10,13H2/t16-/m0/s1. The van der Waals surface area contributed by atoms with Crippen molar-refractivity contribution in [3.63, 3.8) is 0 Å². The van der Waals surface area contributed by atoms with Gasteiger partial charge in [0.15, 0.2) is 5.78 Å². The Hall–Kier alpha value is -2.11. The minimum absolute atomic E-state index is 0.304. The predicted octanol–water partition coefficient (Wildman–Crippen LogP) is 4.20. The number of carbonyl (C=O) groups is 1. The normalized spacial score (nSPS) is 20.5. The zero-order valence-electron chi connectivity index (χ0n) is 14.7. The van der Waals surface area contributed by atoms with Crippen molar-refractivity contribution in [2.45, 2.75) is 31.7 Å². The van der Waals surface area contributed by atoms with Gasteiger partial charge in [-0.25, -0.2) is 0 Å². The van der Waals surface area contributed by atoms with E-state index in [2.05, 4.69) is 46.4 Å². The van der Waals surface area contributed by atoms with Gasteiger partial charge < -0.3 is 14.6 Å². The first kappa shape index (κ1) is 16.1. The second-order valence-electron chi connectivity index (χ2n) is 7.20. The maximum absolute atomic E-state index is 12.2. The second-order valence-corrected chi connectivity index (χ2v) is 8.23. The smallest absolute Gasteiger partial charge is 0.173 e. The van der Waals surface area contributed by atoms with Crippen LogP contribution in [0, 0.1) is 0 Å². The van der Waals surface area contributed by atoms with Crippen molar-refractivity contribution in [2.24, 2.45) is 0 Å². The molecule has 1 saturated heterocycles. The van der Waals surface area contributed by atoms with E-state index in [0.717, 1.165) is 43.9 Å². The number of hydrogen-bond donors (Lipinski definition) is 1. The number of para-hydroxylation sites is 1. The number of aromatic nitrogens is 1. The molecule has 1 aliphatic carbocycles. The van der Waals surface area contributed by atoms with Crippen molar-refractivity contribution < 1.29 is 9.53 Å². The lowest BCUT2D eigenvalue weighted by atomic mass is 9.98. The number of morpholine rings is 1. The van der Waals surface area contributed by atoms with Crippen LogP contribution in [-0.4, -0.2) is 36.6 Å². The number of ketones is 1. The molecule has 0 radical (unpaired) electrons. The fraction of sp³-hybridized carbons (Fsp3) is 0.381. The number of hydrogen-bond acceptors (Lipinski definition) is 4. The number of Topliss-reactive ketones (excluding diaryl/α,β-unsaturated/α-hetero) is 1. The summed E-state index contributed by atoms with van der Waals surface area (Å²) in [6, 6.07) is 11.0. The monoisotopic (exact) mass is 366 g/mol. The topological polar surface area (TPSA) is 45.3 Å². The average molecular weight is 366 g/mol. The fourth-order valence-electron chi connectivity index (χ4n) is 4.20. The Labute approximate surface area is 156 Å². The molecule has 134 valence electrons. The Balaban J connectivity index is 1.45. The number of benzene rings is 1. The molecule has 5 rings (SSSR count). The summed E-state index contributed by atoms with van der Waals surface area (Å²) in [5, 5.41) is 2.53. The lowest BCUT2D eigenvalue weighted by Crippen LogP contribution is -2.46. The summed E-state index contributed by atoms with van der Waals surface area (Å²) >= 11 is 1.68. The van der Waals surface area contributed by atoms with Gasteiger partial charge in [-0.1, -0.05) is 18.2 Å². The van der Waals surface area contributed by atoms with Crippen LogP contribution in [0.3, 0.4) is 0 Å². The van der Waals surface area contributed by atoms with Gasteiger partial charge >= 0.3 is 0 Å². The van der Waals surface area contributed by atoms with Gasteiger partial charge in [0.05, 0.1) is 29.1 Å². The summed E-state index contributed by atoms with van der Waals surface area (Å²) < 4.78 is 5.80. The van der Waals surface area contributed by atoms with Gasteiger partial charge in [0.25, 0.3) is 0 Å². The van der Waals surface area contributed by atoms with E-state index in [0.29, 0.717) is 18.2 Å². The SMILES string of the molecule is O=C1CCCc2cc(N3CCOC[C@@H]3Cc3c[nH]c4ccccc34)sc21. The lowest BCUT2D eigenvalue weighted by molar-refractivity contribution is 0.0945. The molecule has 1 N–H and O–H groups in total. The number of anilines is 1. The largest absolute Gasteiger partial charge is 0.377 e. The molecule has 0 amide bonds. The minimum atomic E-state index is 0.304. The van der Waals surface area contributed by atoms with Crippen LogP contribution in [0.25, 0.3) is 10.9 Å². The summed E-state index contributed by atoms with van der Waals surface area (Å²) in [4.78, 5) is 19.1. The molecule has 0 saturated carbocycles. The Morgan fingerprint density at radius 2 is 2.19 bits per heavy atom. The minimum Gasteiger partial charge on any atom is -0.377 e. The lowest BCUT2D eigenvalue weighted by Gasteiger charge is -2.36. The molecule has 2 aliphatic rings. The van der Waals surface area contributed by atoms with Crippen molar-refractivity contribution in [2.75, 3.05) is 24.7 Å². The molecular weight excluding hydrogens is 344 g/mol. The van der Waals surface area contributed by atoms with Crippen LogP contribution in [0.4, 0.5) is 5.00 Å². The summed E-state index contributed by atoms with van der Waals surface area (Å²) in [5.41, 5.74) is 3.76. The first-order valence-corrected chi connectivity index (χ1v) is 10.2. The summed E-state index contributed by atoms with van der Waals surface area (Å²) in [6.45, 7) is 2.37. The van der Waals surface area contributed by atoms with Crippen LogP contribution in [0.1, 0.15) is 33.6 Å². The van der Waals surface area contributed by atoms with Crippen molar-refractivity contribution in [1.29, 1.82) is 0 Å². The molecule has 0 bridgehead atoms. The molecule has 1 aromatic carbocycles. The van der Waals surface area contributed by atoms with Crippen LogP contribution < -0.4 is 4.90 Å². The predicted molar refractivity (Wildman–Crippen MR) is 106 cm³/mol. The summed E-state index contributed by atoms with van der Waals surface area (Å²) in [7, 11) is 0. The molecule has 3 heterocycles. The number of nitrogens with zero attached hydrogens (tertiary/aromatic N) is 1. The van der Waals surface area contributed by atoms with Gasteiger partial charge in [-0.05, 0) is 42.5 Å². The maximum Gasteiger partial charge on any atom is 0.173 e. The van der Waals surface area contributed by atoms with E-state index in [1.54, 1.807) is 11.3 Å². The Morgan fingerprint density at radius 3 is 3.12 bits per heavy atom. The zero-order valence-corrected chi connectivity index (χ0v) is 15.5. The number of nitrogens with one attached hydrogen (secondary N) is 1. The number of fused-ring (bicyclic) bond motifs is 2. The molecule has 26 heavy (non-hydrogen) atoms. The van der Waals surface area contributed by atoms with Crippen molar-refractivity contribution in [3.05, 3.63) is 52.5 Å². The van der Waals surface area contributed by atoms with E-state index < -0.39 is 0 Å². The average Bonchev–Trinajstić information content (AvgIpc) is 3.28. The van der Waals surface area contributed by atoms with E-state index in [1.165, 1.54) is 27.0 Å². The number of aromatic amines is 1. The number of rotatable bonds is 3. The molecular formula is C21H22N2O2S. The molecule has 1 atom stereocenters. The molecule has 4 nitrogen and oxygen atoms in total. The summed E-state index contributed by atoms with van der Waals surface area (Å²) in [5.74, 6) is 0.323. The van der Waals surface area contributed by atoms with Crippen LogP contribution in [0.15, 0.2) is 36.5 Å². The number of carbonyl (C=O) groups excluding carboxylic acids is 1. The number of thiophene rings is 1. The molecule has 0 spiro atoms. The van der Waals surface area contributed by atoms with E-state index in [-0.39, 0.29) is 0 Å². The zero-order chi connectivity index (χ0) is 17.5. The van der Waals surface area contributed by atoms with Crippen LogP contribution >= 0.6 is 11.3 Å². The Morgan fingerprint density at radius 1 is 1.27 bits per heavy atom. The van der Waals surface area contributed by atoms with Crippen molar-refractivity contribution in [1.82, 2.24) is 4.98 Å². The van der Waals surface area contributed by atoms with Gasteiger partial charge in [0, 0.05) is 30.1 Å². The molecule has 5 heteroatoms. The van der Waals surface area contributed by atoms with E-state index >= 15 is 0 Å². The quantitative estimate of drug-likeness (QED) is 0.756. The van der Waals surface area contributed by atoms with Crippen molar-refractivity contribution >= 4 is 33.0 Å². The third-order valence-corrected chi connectivity index (χ3v) is 6.80.